The van der Waals surface area contributed by atoms with Crippen molar-refractivity contribution in [2.75, 3.05) is 5.32 Å². The van der Waals surface area contributed by atoms with Gasteiger partial charge in [-0.2, -0.15) is 0 Å². The standard InChI is InChI=1S/C22H27N7/c1-15(16-8-6-5-7-9-16)12-20(21-26-27-28-29(21)22(2,3)4)25-17-10-11-18-19(13-17)24-14-23-18/h5-11,13-15,20,25H,12H2,1-4H3,(H,23,24). The number of hydrogen-bond donors (Lipinski definition) is 2. The summed E-state index contributed by atoms with van der Waals surface area (Å²) in [5.41, 5.74) is 4.04. The van der Waals surface area contributed by atoms with Gasteiger partial charge in [0.15, 0.2) is 5.82 Å². The van der Waals surface area contributed by atoms with E-state index in [1.807, 2.05) is 16.8 Å². The first-order valence-electron chi connectivity index (χ1n) is 9.95. The van der Waals surface area contributed by atoms with Crippen LogP contribution in [0.3, 0.4) is 0 Å². The van der Waals surface area contributed by atoms with Crippen LogP contribution in [0.2, 0.25) is 0 Å². The zero-order valence-electron chi connectivity index (χ0n) is 17.3. The summed E-state index contributed by atoms with van der Waals surface area (Å²) < 4.78 is 1.91. The molecule has 2 N–H and O–H groups in total. The number of benzene rings is 2. The molecule has 2 unspecified atom stereocenters. The van der Waals surface area contributed by atoms with Gasteiger partial charge in [-0.1, -0.05) is 37.3 Å². The predicted molar refractivity (Wildman–Crippen MR) is 115 cm³/mol. The van der Waals surface area contributed by atoms with Gasteiger partial charge < -0.3 is 10.3 Å². The Balaban J connectivity index is 1.67. The van der Waals surface area contributed by atoms with Crippen molar-refractivity contribution in [3.05, 3.63) is 66.2 Å². The molecule has 0 bridgehead atoms. The molecule has 0 fully saturated rings. The zero-order chi connectivity index (χ0) is 20.4. The number of aromatic nitrogens is 6. The van der Waals surface area contributed by atoms with E-state index in [2.05, 4.69) is 94.9 Å². The largest absolute Gasteiger partial charge is 0.375 e. The minimum Gasteiger partial charge on any atom is -0.375 e. The smallest absolute Gasteiger partial charge is 0.174 e. The average Bonchev–Trinajstić information content (AvgIpc) is 3.37. The minimum absolute atomic E-state index is 0.0455. The lowest BCUT2D eigenvalue weighted by molar-refractivity contribution is 0.326. The quantitative estimate of drug-likeness (QED) is 0.501. The molecule has 0 saturated heterocycles. The fourth-order valence-corrected chi connectivity index (χ4v) is 3.61. The van der Waals surface area contributed by atoms with E-state index in [9.17, 15) is 0 Å². The second kappa shape index (κ2) is 7.66. The van der Waals surface area contributed by atoms with Gasteiger partial charge in [0.25, 0.3) is 0 Å². The molecule has 0 aliphatic carbocycles. The Hall–Kier alpha value is -3.22. The van der Waals surface area contributed by atoms with Crippen LogP contribution in [0.4, 0.5) is 5.69 Å². The van der Waals surface area contributed by atoms with Crippen molar-refractivity contribution < 1.29 is 0 Å². The summed E-state index contributed by atoms with van der Waals surface area (Å²) in [6.07, 6.45) is 2.57. The summed E-state index contributed by atoms with van der Waals surface area (Å²) in [4.78, 5) is 7.51. The fraction of sp³-hybridized carbons (Fsp3) is 0.364. The van der Waals surface area contributed by atoms with Crippen molar-refractivity contribution >= 4 is 16.7 Å². The number of aromatic amines is 1. The molecule has 150 valence electrons. The Morgan fingerprint density at radius 1 is 1.10 bits per heavy atom. The van der Waals surface area contributed by atoms with Crippen LogP contribution >= 0.6 is 0 Å². The molecule has 4 aromatic rings. The molecule has 7 nitrogen and oxygen atoms in total. The number of anilines is 1. The Labute approximate surface area is 170 Å². The number of nitrogens with zero attached hydrogens (tertiary/aromatic N) is 5. The number of imidazole rings is 1. The van der Waals surface area contributed by atoms with E-state index in [0.29, 0.717) is 5.92 Å². The number of hydrogen-bond acceptors (Lipinski definition) is 5. The Kier molecular flexibility index (Phi) is 5.05. The van der Waals surface area contributed by atoms with Crippen molar-refractivity contribution in [1.82, 2.24) is 30.2 Å². The second-order valence-electron chi connectivity index (χ2n) is 8.50. The SMILES string of the molecule is CC(CC(Nc1ccc2[nH]cnc2c1)c1nnnn1C(C)(C)C)c1ccccc1. The molecule has 0 radical (unpaired) electrons. The van der Waals surface area contributed by atoms with Crippen molar-refractivity contribution in [2.24, 2.45) is 0 Å². The number of fused-ring (bicyclic) bond motifs is 1. The lowest BCUT2D eigenvalue weighted by Gasteiger charge is -2.27. The van der Waals surface area contributed by atoms with E-state index in [1.54, 1.807) is 6.33 Å². The van der Waals surface area contributed by atoms with E-state index in [1.165, 1.54) is 5.56 Å². The highest BCUT2D eigenvalue weighted by molar-refractivity contribution is 5.78. The van der Waals surface area contributed by atoms with E-state index < -0.39 is 0 Å². The molecule has 0 saturated carbocycles. The van der Waals surface area contributed by atoms with Gasteiger partial charge in [-0.05, 0) is 67.3 Å². The van der Waals surface area contributed by atoms with Crippen LogP contribution in [0, 0.1) is 0 Å². The van der Waals surface area contributed by atoms with Crippen molar-refractivity contribution in [3.63, 3.8) is 0 Å². The molecule has 2 heterocycles. The number of tetrazole rings is 1. The maximum atomic E-state index is 4.40. The molecule has 4 rings (SSSR count). The summed E-state index contributed by atoms with van der Waals surface area (Å²) in [6.45, 7) is 8.58. The molecule has 2 aromatic heterocycles. The first-order chi connectivity index (χ1) is 13.9. The van der Waals surface area contributed by atoms with Crippen LogP contribution in [0.1, 0.15) is 57.5 Å². The molecule has 2 atom stereocenters. The molecule has 0 aliphatic heterocycles. The molecular formula is C22H27N7. The Morgan fingerprint density at radius 3 is 2.66 bits per heavy atom. The molecule has 0 amide bonds. The van der Waals surface area contributed by atoms with Gasteiger partial charge in [-0.25, -0.2) is 9.67 Å². The maximum absolute atomic E-state index is 4.40. The highest BCUT2D eigenvalue weighted by atomic mass is 15.6. The summed E-state index contributed by atoms with van der Waals surface area (Å²) >= 11 is 0. The van der Waals surface area contributed by atoms with Gasteiger partial charge in [0.2, 0.25) is 0 Å². The Bertz CT molecular complexity index is 1080. The number of rotatable bonds is 6. The van der Waals surface area contributed by atoms with Crippen LogP contribution in [0.5, 0.6) is 0 Å². The van der Waals surface area contributed by atoms with Crippen molar-refractivity contribution in [2.45, 2.75) is 51.6 Å². The zero-order valence-corrected chi connectivity index (χ0v) is 17.3. The van der Waals surface area contributed by atoms with Crippen molar-refractivity contribution in [3.8, 4) is 0 Å². The molecule has 0 spiro atoms. The van der Waals surface area contributed by atoms with Gasteiger partial charge >= 0.3 is 0 Å². The highest BCUT2D eigenvalue weighted by Crippen LogP contribution is 2.32. The van der Waals surface area contributed by atoms with Crippen LogP contribution in [-0.2, 0) is 5.54 Å². The lowest BCUT2D eigenvalue weighted by Crippen LogP contribution is -2.29. The fourth-order valence-electron chi connectivity index (χ4n) is 3.61. The monoisotopic (exact) mass is 389 g/mol. The van der Waals surface area contributed by atoms with Gasteiger partial charge in [-0.3, -0.25) is 0 Å². The number of nitrogens with one attached hydrogen (secondary N) is 2. The van der Waals surface area contributed by atoms with E-state index >= 15 is 0 Å². The third-order valence-corrected chi connectivity index (χ3v) is 5.16. The molecule has 2 aromatic carbocycles. The van der Waals surface area contributed by atoms with Gasteiger partial charge in [-0.15, -0.1) is 5.10 Å². The second-order valence-corrected chi connectivity index (χ2v) is 8.50. The summed E-state index contributed by atoms with van der Waals surface area (Å²) in [5, 5.41) is 16.3. The Morgan fingerprint density at radius 2 is 1.90 bits per heavy atom. The van der Waals surface area contributed by atoms with Crippen LogP contribution < -0.4 is 5.32 Å². The molecule has 7 heteroatoms. The van der Waals surface area contributed by atoms with E-state index in [4.69, 9.17) is 0 Å². The minimum atomic E-state index is -0.207. The average molecular weight is 390 g/mol. The first-order valence-corrected chi connectivity index (χ1v) is 9.95. The molecular weight excluding hydrogens is 362 g/mol. The van der Waals surface area contributed by atoms with Gasteiger partial charge in [0.1, 0.15) is 0 Å². The van der Waals surface area contributed by atoms with E-state index in [0.717, 1.165) is 29.0 Å². The van der Waals surface area contributed by atoms with Gasteiger partial charge in [0, 0.05) is 5.69 Å². The van der Waals surface area contributed by atoms with Crippen molar-refractivity contribution in [1.29, 1.82) is 0 Å². The van der Waals surface area contributed by atoms with Crippen LogP contribution in [0.15, 0.2) is 54.9 Å². The first kappa shape index (κ1) is 19.1. The highest BCUT2D eigenvalue weighted by Gasteiger charge is 2.27. The normalized spacial score (nSPS) is 14.1. The lowest BCUT2D eigenvalue weighted by atomic mass is 9.93. The van der Waals surface area contributed by atoms with Crippen LogP contribution in [-0.4, -0.2) is 30.2 Å². The van der Waals surface area contributed by atoms with Gasteiger partial charge in [0.05, 0.1) is 28.9 Å². The predicted octanol–water partition coefficient (Wildman–Crippen LogP) is 4.65. The molecule has 0 aliphatic rings. The molecule has 29 heavy (non-hydrogen) atoms. The third-order valence-electron chi connectivity index (χ3n) is 5.16. The number of H-pyrrole nitrogens is 1. The summed E-state index contributed by atoms with van der Waals surface area (Å²) in [7, 11) is 0. The summed E-state index contributed by atoms with van der Waals surface area (Å²) in [6, 6.07) is 16.7. The maximum Gasteiger partial charge on any atom is 0.174 e. The summed E-state index contributed by atoms with van der Waals surface area (Å²) in [5.74, 6) is 1.18. The van der Waals surface area contributed by atoms with Crippen LogP contribution in [0.25, 0.3) is 11.0 Å². The van der Waals surface area contributed by atoms with E-state index in [-0.39, 0.29) is 11.6 Å². The third kappa shape index (κ3) is 4.13. The topological polar surface area (TPSA) is 84.3 Å².